The van der Waals surface area contributed by atoms with E-state index in [-0.39, 0.29) is 29.4 Å². The number of nitriles is 1. The first kappa shape index (κ1) is 20.9. The van der Waals surface area contributed by atoms with Crippen molar-refractivity contribution in [2.45, 2.75) is 19.4 Å². The van der Waals surface area contributed by atoms with Gasteiger partial charge in [-0.2, -0.15) is 5.26 Å². The molecule has 0 radical (unpaired) electrons. The molecule has 31 heavy (non-hydrogen) atoms. The summed E-state index contributed by atoms with van der Waals surface area (Å²) >= 11 is 0. The van der Waals surface area contributed by atoms with Crippen LogP contribution in [0.1, 0.15) is 32.6 Å². The molecule has 4 rings (SSSR count). The third-order valence-corrected chi connectivity index (χ3v) is 5.79. The fourth-order valence-corrected chi connectivity index (χ4v) is 3.93. The summed E-state index contributed by atoms with van der Waals surface area (Å²) in [5, 5.41) is 8.76. The summed E-state index contributed by atoms with van der Waals surface area (Å²) in [6.45, 7) is 3.58. The summed E-state index contributed by atoms with van der Waals surface area (Å²) in [7, 11) is 0. The maximum atomic E-state index is 14.0. The van der Waals surface area contributed by atoms with Crippen molar-refractivity contribution in [1.82, 2.24) is 9.80 Å². The van der Waals surface area contributed by atoms with Gasteiger partial charge in [-0.15, -0.1) is 0 Å². The van der Waals surface area contributed by atoms with Gasteiger partial charge in [0.1, 0.15) is 24.3 Å². The van der Waals surface area contributed by atoms with Gasteiger partial charge in [0.15, 0.2) is 0 Å². The first-order valence-corrected chi connectivity index (χ1v) is 10.1. The zero-order chi connectivity index (χ0) is 22.0. The van der Waals surface area contributed by atoms with Gasteiger partial charge < -0.3 is 9.64 Å². The fraction of sp³-hybridized carbons (Fsp3) is 0.348. The van der Waals surface area contributed by atoms with Crippen LogP contribution in [0.25, 0.3) is 0 Å². The van der Waals surface area contributed by atoms with E-state index >= 15 is 0 Å². The van der Waals surface area contributed by atoms with Crippen molar-refractivity contribution in [2.24, 2.45) is 0 Å². The van der Waals surface area contributed by atoms with Crippen LogP contribution in [0.5, 0.6) is 0 Å². The molecule has 0 spiro atoms. The third kappa shape index (κ3) is 4.57. The van der Waals surface area contributed by atoms with Gasteiger partial charge >= 0.3 is 5.97 Å². The molecule has 0 aliphatic carbocycles. The molecule has 8 heteroatoms. The maximum absolute atomic E-state index is 14.0. The Bertz CT molecular complexity index is 1070. The van der Waals surface area contributed by atoms with Crippen molar-refractivity contribution in [3.8, 4) is 6.07 Å². The summed E-state index contributed by atoms with van der Waals surface area (Å²) in [5.41, 5.74) is 2.28. The SMILES string of the molecule is N#Cc1cc(F)c(CC(=O)N2CCN(CCc3ccc4c(c3)COC4=O)CC2)cc1F. The number of piperazine rings is 1. The number of esters is 1. The highest BCUT2D eigenvalue weighted by Gasteiger charge is 2.24. The van der Waals surface area contributed by atoms with Crippen LogP contribution in [0.3, 0.4) is 0 Å². The Morgan fingerprint density at radius 2 is 1.87 bits per heavy atom. The number of nitrogens with zero attached hydrogens (tertiary/aromatic N) is 3. The Morgan fingerprint density at radius 3 is 2.61 bits per heavy atom. The van der Waals surface area contributed by atoms with E-state index in [0.29, 0.717) is 38.3 Å². The Kier molecular flexibility index (Phi) is 5.96. The van der Waals surface area contributed by atoms with Gasteiger partial charge in [0, 0.05) is 43.9 Å². The molecule has 2 heterocycles. The second kappa shape index (κ2) is 8.82. The molecule has 0 N–H and O–H groups in total. The largest absolute Gasteiger partial charge is 0.457 e. The Hall–Kier alpha value is -3.31. The third-order valence-electron chi connectivity index (χ3n) is 5.79. The minimum atomic E-state index is -0.820. The van der Waals surface area contributed by atoms with E-state index in [1.165, 1.54) is 0 Å². The Balaban J connectivity index is 1.27. The number of rotatable bonds is 5. The molecule has 1 saturated heterocycles. The molecule has 1 fully saturated rings. The summed E-state index contributed by atoms with van der Waals surface area (Å²) in [6, 6.07) is 9.10. The van der Waals surface area contributed by atoms with Crippen molar-refractivity contribution in [3.05, 3.63) is 69.8 Å². The summed E-state index contributed by atoms with van der Waals surface area (Å²) in [5.74, 6) is -2.10. The van der Waals surface area contributed by atoms with Crippen LogP contribution in [0.2, 0.25) is 0 Å². The Labute approximate surface area is 178 Å². The summed E-state index contributed by atoms with van der Waals surface area (Å²) in [6.07, 6.45) is 0.593. The van der Waals surface area contributed by atoms with E-state index < -0.39 is 11.6 Å². The van der Waals surface area contributed by atoms with Gasteiger partial charge in [-0.3, -0.25) is 9.69 Å². The first-order chi connectivity index (χ1) is 14.9. The molecule has 1 amide bonds. The minimum absolute atomic E-state index is 0.0389. The average molecular weight is 425 g/mol. The van der Waals surface area contributed by atoms with Gasteiger partial charge in [-0.05, 0) is 30.2 Å². The molecule has 0 unspecified atom stereocenters. The highest BCUT2D eigenvalue weighted by atomic mass is 19.1. The topological polar surface area (TPSA) is 73.6 Å². The number of ether oxygens (including phenoxy) is 1. The van der Waals surface area contributed by atoms with Gasteiger partial charge in [0.05, 0.1) is 17.5 Å². The number of fused-ring (bicyclic) bond motifs is 1. The first-order valence-electron chi connectivity index (χ1n) is 10.1. The maximum Gasteiger partial charge on any atom is 0.338 e. The van der Waals surface area contributed by atoms with E-state index in [1.807, 2.05) is 18.2 Å². The predicted molar refractivity (Wildman–Crippen MR) is 107 cm³/mol. The van der Waals surface area contributed by atoms with Gasteiger partial charge in [-0.25, -0.2) is 13.6 Å². The highest BCUT2D eigenvalue weighted by Crippen LogP contribution is 2.21. The Morgan fingerprint density at radius 1 is 1.10 bits per heavy atom. The van der Waals surface area contributed by atoms with E-state index in [4.69, 9.17) is 10.00 Å². The van der Waals surface area contributed by atoms with Crippen LogP contribution in [-0.2, 0) is 29.0 Å². The molecule has 0 saturated carbocycles. The van der Waals surface area contributed by atoms with Crippen molar-refractivity contribution in [3.63, 3.8) is 0 Å². The number of amides is 1. The van der Waals surface area contributed by atoms with Crippen molar-refractivity contribution >= 4 is 11.9 Å². The molecule has 2 aliphatic rings. The van der Waals surface area contributed by atoms with E-state index in [9.17, 15) is 18.4 Å². The van der Waals surface area contributed by atoms with Crippen LogP contribution in [0.4, 0.5) is 8.78 Å². The summed E-state index contributed by atoms with van der Waals surface area (Å²) in [4.78, 5) is 28.0. The van der Waals surface area contributed by atoms with Gasteiger partial charge in [-0.1, -0.05) is 12.1 Å². The lowest BCUT2D eigenvalue weighted by atomic mass is 10.0. The number of cyclic esters (lactones) is 1. The smallest absolute Gasteiger partial charge is 0.338 e. The lowest BCUT2D eigenvalue weighted by Gasteiger charge is -2.35. The quantitative estimate of drug-likeness (QED) is 0.688. The zero-order valence-corrected chi connectivity index (χ0v) is 16.9. The molecular formula is C23H21F2N3O3. The number of hydrogen-bond donors (Lipinski definition) is 0. The van der Waals surface area contributed by atoms with Crippen LogP contribution < -0.4 is 0 Å². The van der Waals surface area contributed by atoms with Crippen LogP contribution in [0, 0.1) is 23.0 Å². The van der Waals surface area contributed by atoms with E-state index in [1.54, 1.807) is 11.0 Å². The molecule has 0 atom stereocenters. The highest BCUT2D eigenvalue weighted by molar-refractivity contribution is 5.93. The number of halogens is 2. The molecule has 2 aromatic carbocycles. The summed E-state index contributed by atoms with van der Waals surface area (Å²) < 4.78 is 32.8. The molecule has 2 aromatic rings. The fourth-order valence-electron chi connectivity index (χ4n) is 3.93. The molecule has 0 bridgehead atoms. The predicted octanol–water partition coefficient (Wildman–Crippen LogP) is 2.44. The minimum Gasteiger partial charge on any atom is -0.457 e. The van der Waals surface area contributed by atoms with Crippen molar-refractivity contribution < 1.29 is 23.1 Å². The lowest BCUT2D eigenvalue weighted by molar-refractivity contribution is -0.132. The van der Waals surface area contributed by atoms with Gasteiger partial charge in [0.2, 0.25) is 5.91 Å². The molecule has 2 aliphatic heterocycles. The van der Waals surface area contributed by atoms with Crippen LogP contribution >= 0.6 is 0 Å². The normalized spacial score (nSPS) is 16.0. The average Bonchev–Trinajstić information content (AvgIpc) is 3.15. The van der Waals surface area contributed by atoms with E-state index in [2.05, 4.69) is 4.90 Å². The monoisotopic (exact) mass is 425 g/mol. The number of hydrogen-bond acceptors (Lipinski definition) is 5. The molecule has 160 valence electrons. The zero-order valence-electron chi connectivity index (χ0n) is 16.9. The number of carbonyl (C=O) groups is 2. The number of benzene rings is 2. The second-order valence-corrected chi connectivity index (χ2v) is 7.75. The molecular weight excluding hydrogens is 404 g/mol. The standard InChI is InChI=1S/C23H21F2N3O3/c24-20-11-17(13-26)21(25)10-16(20)12-22(29)28-7-5-27(6-8-28)4-3-15-1-2-19-18(9-15)14-31-23(19)30/h1-2,9-11H,3-8,12,14H2. The molecule has 6 nitrogen and oxygen atoms in total. The second-order valence-electron chi connectivity index (χ2n) is 7.75. The van der Waals surface area contributed by atoms with Crippen LogP contribution in [0.15, 0.2) is 30.3 Å². The van der Waals surface area contributed by atoms with Crippen molar-refractivity contribution in [2.75, 3.05) is 32.7 Å². The van der Waals surface area contributed by atoms with E-state index in [0.717, 1.165) is 36.2 Å². The van der Waals surface area contributed by atoms with Gasteiger partial charge in [0.25, 0.3) is 0 Å². The molecule has 0 aromatic heterocycles. The van der Waals surface area contributed by atoms with Crippen LogP contribution in [-0.4, -0.2) is 54.4 Å². The number of carbonyl (C=O) groups excluding carboxylic acids is 2. The lowest BCUT2D eigenvalue weighted by Crippen LogP contribution is -2.49. The van der Waals surface area contributed by atoms with Crippen molar-refractivity contribution in [1.29, 1.82) is 5.26 Å².